The smallest absolute Gasteiger partial charge is 0.232 e. The molecule has 2 aromatic rings. The Bertz CT molecular complexity index is 740. The van der Waals surface area contributed by atoms with Gasteiger partial charge < -0.3 is 10.1 Å². The first-order valence-electron chi connectivity index (χ1n) is 7.56. The van der Waals surface area contributed by atoms with Crippen LogP contribution in [-0.2, 0) is 19.4 Å². The van der Waals surface area contributed by atoms with Crippen LogP contribution in [0, 0.1) is 0 Å². The van der Waals surface area contributed by atoms with Gasteiger partial charge in [-0.1, -0.05) is 12.1 Å². The van der Waals surface area contributed by atoms with E-state index in [4.69, 9.17) is 4.74 Å². The lowest BCUT2D eigenvalue weighted by Gasteiger charge is -2.16. The molecule has 0 saturated carbocycles. The van der Waals surface area contributed by atoms with E-state index in [1.165, 1.54) is 5.56 Å². The van der Waals surface area contributed by atoms with Gasteiger partial charge in [0.05, 0.1) is 11.6 Å². The number of benzene rings is 1. The molecule has 1 aromatic carbocycles. The standard InChI is InChI=1S/C17H18Br2N2O2/c1-23-12-4-2-3-11(9-12)5-6-15(22)21-14-7-8-20-10-13(14)16(18)17(21)19/h2-4,9,20H,5-8,10H2,1H3. The molecule has 0 amide bonds. The Labute approximate surface area is 152 Å². The molecule has 122 valence electrons. The van der Waals surface area contributed by atoms with Gasteiger partial charge in [-0.25, -0.2) is 0 Å². The van der Waals surface area contributed by atoms with Gasteiger partial charge in [0.1, 0.15) is 10.4 Å². The van der Waals surface area contributed by atoms with E-state index in [1.54, 1.807) is 7.11 Å². The van der Waals surface area contributed by atoms with Gasteiger partial charge in [0, 0.05) is 37.2 Å². The molecule has 3 rings (SSSR count). The summed E-state index contributed by atoms with van der Waals surface area (Å²) >= 11 is 7.15. The summed E-state index contributed by atoms with van der Waals surface area (Å²) in [4.78, 5) is 12.7. The van der Waals surface area contributed by atoms with Crippen molar-refractivity contribution in [3.63, 3.8) is 0 Å². The zero-order valence-electron chi connectivity index (χ0n) is 12.9. The molecule has 0 unspecified atom stereocenters. The fourth-order valence-electron chi connectivity index (χ4n) is 2.92. The molecule has 1 N–H and O–H groups in total. The first-order valence-corrected chi connectivity index (χ1v) is 9.14. The maximum atomic E-state index is 12.7. The number of ether oxygens (including phenoxy) is 1. The number of carbonyl (C=O) groups excluding carboxylic acids is 1. The van der Waals surface area contributed by atoms with Crippen LogP contribution in [0.2, 0.25) is 0 Å². The summed E-state index contributed by atoms with van der Waals surface area (Å²) in [5.41, 5.74) is 3.39. The van der Waals surface area contributed by atoms with Crippen molar-refractivity contribution in [2.45, 2.75) is 25.8 Å². The van der Waals surface area contributed by atoms with Gasteiger partial charge >= 0.3 is 0 Å². The van der Waals surface area contributed by atoms with Crippen LogP contribution < -0.4 is 10.1 Å². The first kappa shape index (κ1) is 16.7. The van der Waals surface area contributed by atoms with E-state index in [0.717, 1.165) is 45.6 Å². The van der Waals surface area contributed by atoms with Crippen molar-refractivity contribution in [2.75, 3.05) is 13.7 Å². The average Bonchev–Trinajstić information content (AvgIpc) is 2.84. The number of halogens is 2. The van der Waals surface area contributed by atoms with E-state index >= 15 is 0 Å². The molecule has 0 bridgehead atoms. The number of aryl methyl sites for hydroxylation is 1. The molecule has 0 radical (unpaired) electrons. The van der Waals surface area contributed by atoms with E-state index in [1.807, 2.05) is 28.8 Å². The third-order valence-electron chi connectivity index (χ3n) is 4.11. The second-order valence-corrected chi connectivity index (χ2v) is 7.08. The van der Waals surface area contributed by atoms with Crippen molar-refractivity contribution in [1.82, 2.24) is 9.88 Å². The average molecular weight is 442 g/mol. The highest BCUT2D eigenvalue weighted by Gasteiger charge is 2.25. The number of carbonyl (C=O) groups is 1. The highest BCUT2D eigenvalue weighted by atomic mass is 79.9. The summed E-state index contributed by atoms with van der Waals surface area (Å²) in [7, 11) is 1.65. The highest BCUT2D eigenvalue weighted by molar-refractivity contribution is 9.13. The molecule has 0 spiro atoms. The van der Waals surface area contributed by atoms with E-state index in [9.17, 15) is 4.79 Å². The molecule has 1 aromatic heterocycles. The SMILES string of the molecule is COc1cccc(CCC(=O)n2c(Br)c(Br)c3c2CCNC3)c1. The number of aromatic nitrogens is 1. The van der Waals surface area contributed by atoms with Gasteiger partial charge in [0.2, 0.25) is 5.91 Å². The number of rotatable bonds is 4. The zero-order chi connectivity index (χ0) is 16.4. The number of fused-ring (bicyclic) bond motifs is 1. The largest absolute Gasteiger partial charge is 0.497 e. The summed E-state index contributed by atoms with van der Waals surface area (Å²) in [6.45, 7) is 1.70. The number of hydrogen-bond acceptors (Lipinski definition) is 3. The molecule has 0 saturated heterocycles. The van der Waals surface area contributed by atoms with Crippen LogP contribution in [0.1, 0.15) is 28.0 Å². The molecule has 6 heteroatoms. The molecule has 4 nitrogen and oxygen atoms in total. The topological polar surface area (TPSA) is 43.3 Å². The minimum atomic E-state index is 0.114. The van der Waals surface area contributed by atoms with Crippen molar-refractivity contribution in [3.8, 4) is 5.75 Å². The van der Waals surface area contributed by atoms with E-state index in [-0.39, 0.29) is 5.91 Å². The van der Waals surface area contributed by atoms with E-state index in [2.05, 4.69) is 37.2 Å². The van der Waals surface area contributed by atoms with E-state index < -0.39 is 0 Å². The molecule has 1 aliphatic heterocycles. The van der Waals surface area contributed by atoms with Crippen molar-refractivity contribution >= 4 is 37.8 Å². The summed E-state index contributed by atoms with van der Waals surface area (Å²) in [6.07, 6.45) is 2.03. The fourth-order valence-corrected chi connectivity index (χ4v) is 4.11. The van der Waals surface area contributed by atoms with Crippen molar-refractivity contribution < 1.29 is 9.53 Å². The quantitative estimate of drug-likeness (QED) is 0.781. The van der Waals surface area contributed by atoms with Crippen LogP contribution >= 0.6 is 31.9 Å². The number of methoxy groups -OCH3 is 1. The Balaban J connectivity index is 1.78. The van der Waals surface area contributed by atoms with Gasteiger partial charge in [0.25, 0.3) is 0 Å². The molecule has 0 fully saturated rings. The number of hydrogen-bond donors (Lipinski definition) is 1. The maximum Gasteiger partial charge on any atom is 0.232 e. The normalized spacial score (nSPS) is 13.7. The molecule has 0 aliphatic carbocycles. The predicted molar refractivity (Wildman–Crippen MR) is 97.2 cm³/mol. The Morgan fingerprint density at radius 2 is 2.22 bits per heavy atom. The molecular formula is C17H18Br2N2O2. The van der Waals surface area contributed by atoms with Crippen LogP contribution in [-0.4, -0.2) is 24.1 Å². The first-order chi connectivity index (χ1) is 11.1. The second-order valence-electron chi connectivity index (χ2n) is 5.54. The fraction of sp³-hybridized carbons (Fsp3) is 0.353. The Hall–Kier alpha value is -1.11. The van der Waals surface area contributed by atoms with Gasteiger partial charge in [0.15, 0.2) is 0 Å². The van der Waals surface area contributed by atoms with Crippen molar-refractivity contribution in [2.24, 2.45) is 0 Å². The maximum absolute atomic E-state index is 12.7. The minimum absolute atomic E-state index is 0.114. The third-order valence-corrected chi connectivity index (χ3v) is 6.25. The lowest BCUT2D eigenvalue weighted by molar-refractivity contribution is 0.0897. The summed E-state index contributed by atoms with van der Waals surface area (Å²) < 4.78 is 8.85. The lowest BCUT2D eigenvalue weighted by atomic mass is 10.1. The van der Waals surface area contributed by atoms with Gasteiger partial charge in [-0.2, -0.15) is 0 Å². The summed E-state index contributed by atoms with van der Waals surface area (Å²) in [6, 6.07) is 7.87. The van der Waals surface area contributed by atoms with Gasteiger partial charge in [-0.15, -0.1) is 0 Å². The highest BCUT2D eigenvalue weighted by Crippen LogP contribution is 2.34. The predicted octanol–water partition coefficient (Wildman–Crippen LogP) is 3.94. The molecule has 1 aliphatic rings. The van der Waals surface area contributed by atoms with Gasteiger partial charge in [-0.3, -0.25) is 9.36 Å². The third kappa shape index (κ3) is 3.39. The Morgan fingerprint density at radius 3 is 3.00 bits per heavy atom. The van der Waals surface area contributed by atoms with E-state index in [0.29, 0.717) is 12.8 Å². The minimum Gasteiger partial charge on any atom is -0.497 e. The summed E-state index contributed by atoms with van der Waals surface area (Å²) in [5, 5.41) is 3.34. The number of nitrogens with one attached hydrogen (secondary N) is 1. The lowest BCUT2D eigenvalue weighted by Crippen LogP contribution is -2.26. The van der Waals surface area contributed by atoms with Crippen LogP contribution in [0.4, 0.5) is 0 Å². The van der Waals surface area contributed by atoms with Crippen LogP contribution in [0.5, 0.6) is 5.75 Å². The zero-order valence-corrected chi connectivity index (χ0v) is 16.0. The molecular weight excluding hydrogens is 424 g/mol. The molecule has 23 heavy (non-hydrogen) atoms. The van der Waals surface area contributed by atoms with Crippen LogP contribution in [0.3, 0.4) is 0 Å². The second kappa shape index (κ2) is 7.20. The Kier molecular flexibility index (Phi) is 5.24. The Morgan fingerprint density at radius 1 is 1.39 bits per heavy atom. The van der Waals surface area contributed by atoms with Crippen LogP contribution in [0.25, 0.3) is 0 Å². The van der Waals surface area contributed by atoms with Gasteiger partial charge in [-0.05, 0) is 56.0 Å². The molecule has 2 heterocycles. The van der Waals surface area contributed by atoms with Crippen molar-refractivity contribution in [1.29, 1.82) is 0 Å². The molecule has 0 atom stereocenters. The number of nitrogens with zero attached hydrogens (tertiary/aromatic N) is 1. The summed E-state index contributed by atoms with van der Waals surface area (Å²) in [5.74, 6) is 0.937. The van der Waals surface area contributed by atoms with Crippen molar-refractivity contribution in [3.05, 3.63) is 50.2 Å². The van der Waals surface area contributed by atoms with Crippen LogP contribution in [0.15, 0.2) is 33.3 Å². The monoisotopic (exact) mass is 440 g/mol.